The third kappa shape index (κ3) is 3.15. The summed E-state index contributed by atoms with van der Waals surface area (Å²) in [5.74, 6) is 1.47. The van der Waals surface area contributed by atoms with Gasteiger partial charge in [-0.15, -0.1) is 5.10 Å². The molecule has 5 rings (SSSR count). The molecule has 6 heteroatoms. The Kier molecular flexibility index (Phi) is 4.47. The van der Waals surface area contributed by atoms with Crippen molar-refractivity contribution in [3.05, 3.63) is 30.5 Å². The van der Waals surface area contributed by atoms with Crippen LogP contribution in [0.1, 0.15) is 25.3 Å². The van der Waals surface area contributed by atoms with Gasteiger partial charge in [0.25, 0.3) is 0 Å². The first-order valence-electron chi connectivity index (χ1n) is 8.77. The summed E-state index contributed by atoms with van der Waals surface area (Å²) in [6.07, 6.45) is 4.99. The van der Waals surface area contributed by atoms with E-state index in [1.165, 1.54) is 25.9 Å². The lowest BCUT2D eigenvalue weighted by Gasteiger charge is -2.44. The molecule has 0 N–H and O–H groups in total. The van der Waals surface area contributed by atoms with Crippen molar-refractivity contribution in [2.24, 2.45) is 5.92 Å². The van der Waals surface area contributed by atoms with Gasteiger partial charge in [-0.25, -0.2) is 4.68 Å². The van der Waals surface area contributed by atoms with Crippen molar-refractivity contribution in [1.29, 1.82) is 0 Å². The highest BCUT2D eigenvalue weighted by Crippen LogP contribution is 2.35. The zero-order chi connectivity index (χ0) is 16.4. The van der Waals surface area contributed by atoms with E-state index in [1.54, 1.807) is 0 Å². The van der Waals surface area contributed by atoms with E-state index in [2.05, 4.69) is 15.2 Å². The summed E-state index contributed by atoms with van der Waals surface area (Å²) in [5.41, 5.74) is 1.85. The van der Waals surface area contributed by atoms with Gasteiger partial charge in [-0.3, -0.25) is 4.39 Å². The van der Waals surface area contributed by atoms with Gasteiger partial charge < -0.3 is 9.64 Å². The lowest BCUT2D eigenvalue weighted by molar-refractivity contribution is 0.0504. The Morgan fingerprint density at radius 1 is 1.25 bits per heavy atom. The molecule has 1 aromatic heterocycles. The fraction of sp³-hybridized carbons (Fsp3) is 0.556. The number of hydrogen-bond acceptors (Lipinski definition) is 4. The molecular formula is C18H23FN4O. The van der Waals surface area contributed by atoms with E-state index in [0.717, 1.165) is 29.5 Å². The largest absolute Gasteiger partial charge is 0.493 e. The molecule has 4 heterocycles. The normalized spacial score (nSPS) is 25.8. The van der Waals surface area contributed by atoms with Crippen molar-refractivity contribution in [3.63, 3.8) is 0 Å². The molecule has 3 aliphatic heterocycles. The third-order valence-electron chi connectivity index (χ3n) is 5.15. The summed E-state index contributed by atoms with van der Waals surface area (Å²) < 4.78 is 19.8. The molecule has 1 unspecified atom stereocenters. The van der Waals surface area contributed by atoms with Crippen molar-refractivity contribution in [1.82, 2.24) is 19.9 Å². The molecule has 24 heavy (non-hydrogen) atoms. The Labute approximate surface area is 141 Å². The number of hydrogen-bond donors (Lipinski definition) is 0. The smallest absolute Gasteiger partial charge is 0.119 e. The predicted octanol–water partition coefficient (Wildman–Crippen LogP) is 2.95. The fourth-order valence-electron chi connectivity index (χ4n) is 3.79. The van der Waals surface area contributed by atoms with Crippen LogP contribution in [0.25, 0.3) is 11.3 Å². The molecule has 5 nitrogen and oxygen atoms in total. The minimum atomic E-state index is -0.354. The molecule has 3 fully saturated rings. The molecule has 2 bridgehead atoms. The zero-order valence-electron chi connectivity index (χ0n) is 13.8. The van der Waals surface area contributed by atoms with E-state index in [9.17, 15) is 4.39 Å². The second-order valence-corrected chi connectivity index (χ2v) is 6.71. The van der Waals surface area contributed by atoms with Gasteiger partial charge in [-0.1, -0.05) is 17.3 Å². The molecule has 0 aliphatic carbocycles. The average Bonchev–Trinajstić information content (AvgIpc) is 3.13. The first-order chi connectivity index (χ1) is 11.8. The highest BCUT2D eigenvalue weighted by Gasteiger charge is 2.35. The molecule has 0 radical (unpaired) electrons. The van der Waals surface area contributed by atoms with Gasteiger partial charge in [0, 0.05) is 18.5 Å². The summed E-state index contributed by atoms with van der Waals surface area (Å²) in [6, 6.07) is 8.22. The van der Waals surface area contributed by atoms with Crippen molar-refractivity contribution in [2.45, 2.75) is 25.3 Å². The van der Waals surface area contributed by atoms with E-state index in [-0.39, 0.29) is 6.67 Å². The van der Waals surface area contributed by atoms with E-state index in [1.807, 2.05) is 35.1 Å². The van der Waals surface area contributed by atoms with Crippen LogP contribution in [0, 0.1) is 5.92 Å². The van der Waals surface area contributed by atoms with Crippen molar-refractivity contribution >= 4 is 0 Å². The van der Waals surface area contributed by atoms with Crippen LogP contribution in [-0.4, -0.2) is 52.8 Å². The highest BCUT2D eigenvalue weighted by atomic mass is 19.1. The molecule has 1 atom stereocenters. The lowest BCUT2D eigenvalue weighted by Crippen LogP contribution is -2.48. The number of ether oxygens (including phenoxy) is 1. The van der Waals surface area contributed by atoms with Gasteiger partial charge in [-0.2, -0.15) is 0 Å². The number of fused-ring (bicyclic) bond motifs is 3. The van der Waals surface area contributed by atoms with Crippen molar-refractivity contribution < 1.29 is 9.13 Å². The summed E-state index contributed by atoms with van der Waals surface area (Å²) in [5, 5.41) is 8.75. The standard InChI is InChI=1S/C18H23FN4O/c19-7-2-10-24-16-4-1-3-15(11-16)17-12-23(21-20-17)18-13-22-8-5-14(18)6-9-22/h1,3-4,11-12,14,18H,2,5-10,13H2. The fourth-order valence-corrected chi connectivity index (χ4v) is 3.79. The van der Waals surface area contributed by atoms with Crippen LogP contribution in [0.4, 0.5) is 4.39 Å². The molecule has 0 spiro atoms. The topological polar surface area (TPSA) is 43.2 Å². The Hall–Kier alpha value is -1.95. The maximum atomic E-state index is 12.2. The molecule has 128 valence electrons. The minimum Gasteiger partial charge on any atom is -0.493 e. The first-order valence-corrected chi connectivity index (χ1v) is 8.77. The van der Waals surface area contributed by atoms with Crippen molar-refractivity contribution in [2.75, 3.05) is 32.9 Å². The number of halogens is 1. The predicted molar refractivity (Wildman–Crippen MR) is 89.7 cm³/mol. The summed E-state index contributed by atoms with van der Waals surface area (Å²) in [6.45, 7) is 3.57. The molecule has 3 saturated heterocycles. The van der Waals surface area contributed by atoms with Gasteiger partial charge in [0.1, 0.15) is 11.4 Å². The Morgan fingerprint density at radius 3 is 2.88 bits per heavy atom. The van der Waals surface area contributed by atoms with Crippen LogP contribution in [0.3, 0.4) is 0 Å². The Bertz CT molecular complexity index is 681. The highest BCUT2D eigenvalue weighted by molar-refractivity contribution is 5.59. The third-order valence-corrected chi connectivity index (χ3v) is 5.15. The van der Waals surface area contributed by atoms with Crippen LogP contribution < -0.4 is 4.74 Å². The zero-order valence-corrected chi connectivity index (χ0v) is 13.8. The number of piperidine rings is 3. The van der Waals surface area contributed by atoms with Crippen LogP contribution in [0.2, 0.25) is 0 Å². The summed E-state index contributed by atoms with van der Waals surface area (Å²) in [7, 11) is 0. The quantitative estimate of drug-likeness (QED) is 0.764. The van der Waals surface area contributed by atoms with Gasteiger partial charge >= 0.3 is 0 Å². The average molecular weight is 330 g/mol. The van der Waals surface area contributed by atoms with Crippen LogP contribution >= 0.6 is 0 Å². The minimum absolute atomic E-state index is 0.354. The van der Waals surface area contributed by atoms with Crippen LogP contribution in [-0.2, 0) is 0 Å². The number of rotatable bonds is 6. The Balaban J connectivity index is 1.49. The molecule has 0 amide bonds. The van der Waals surface area contributed by atoms with Gasteiger partial charge in [0.2, 0.25) is 0 Å². The SMILES string of the molecule is FCCCOc1cccc(-c2cn(C3CN4CCC3CC4)nn2)c1. The first kappa shape index (κ1) is 15.6. The van der Waals surface area contributed by atoms with Gasteiger partial charge in [-0.05, 0) is 44.0 Å². The van der Waals surface area contributed by atoms with E-state index >= 15 is 0 Å². The maximum absolute atomic E-state index is 12.2. The number of nitrogens with zero attached hydrogens (tertiary/aromatic N) is 4. The molecule has 1 aromatic carbocycles. The molecule has 0 saturated carbocycles. The van der Waals surface area contributed by atoms with Crippen LogP contribution in [0.15, 0.2) is 30.5 Å². The number of alkyl halides is 1. The van der Waals surface area contributed by atoms with Gasteiger partial charge in [0.15, 0.2) is 0 Å². The lowest BCUT2D eigenvalue weighted by atomic mass is 9.84. The monoisotopic (exact) mass is 330 g/mol. The maximum Gasteiger partial charge on any atom is 0.119 e. The van der Waals surface area contributed by atoms with E-state index < -0.39 is 0 Å². The van der Waals surface area contributed by atoms with E-state index in [4.69, 9.17) is 4.74 Å². The van der Waals surface area contributed by atoms with Crippen LogP contribution in [0.5, 0.6) is 5.75 Å². The molecule has 2 aromatic rings. The number of benzene rings is 1. The summed E-state index contributed by atoms with van der Waals surface area (Å²) in [4.78, 5) is 2.52. The molecular weight excluding hydrogens is 307 g/mol. The molecule has 3 aliphatic rings. The second kappa shape index (κ2) is 6.89. The second-order valence-electron chi connectivity index (χ2n) is 6.71. The van der Waals surface area contributed by atoms with Crippen molar-refractivity contribution in [3.8, 4) is 17.0 Å². The number of aromatic nitrogens is 3. The Morgan fingerprint density at radius 2 is 2.12 bits per heavy atom. The summed E-state index contributed by atoms with van der Waals surface area (Å²) >= 11 is 0. The van der Waals surface area contributed by atoms with E-state index in [0.29, 0.717) is 19.1 Å². The van der Waals surface area contributed by atoms with Gasteiger partial charge in [0.05, 0.1) is 25.5 Å².